The molecule has 63 heavy (non-hydrogen) atoms. The van der Waals surface area contributed by atoms with Crippen molar-refractivity contribution in [1.82, 2.24) is 0 Å². The monoisotopic (exact) mass is 871 g/mol. The zero-order valence-electron chi connectivity index (χ0n) is 40.3. The molecule has 6 heteroatoms. The minimum Gasteiger partial charge on any atom is -0.462 e. The van der Waals surface area contributed by atoms with Crippen LogP contribution in [0.1, 0.15) is 201 Å². The van der Waals surface area contributed by atoms with Gasteiger partial charge in [0.1, 0.15) is 13.2 Å². The molecule has 0 amide bonds. The van der Waals surface area contributed by atoms with Gasteiger partial charge in [-0.25, -0.2) is 0 Å². The molecule has 0 fully saturated rings. The van der Waals surface area contributed by atoms with Crippen LogP contribution >= 0.6 is 0 Å². The van der Waals surface area contributed by atoms with Gasteiger partial charge in [-0.05, 0) is 70.6 Å². The number of carbonyl (C=O) groups is 3. The molecule has 354 valence electrons. The summed E-state index contributed by atoms with van der Waals surface area (Å²) in [4.78, 5) is 37.8. The molecule has 0 aromatic carbocycles. The van der Waals surface area contributed by atoms with Gasteiger partial charge in [0.2, 0.25) is 0 Å². The Morgan fingerprint density at radius 3 is 0.968 bits per heavy atom. The number of unbranched alkanes of at least 4 members (excludes halogenated alkanes) is 14. The zero-order chi connectivity index (χ0) is 45.8. The van der Waals surface area contributed by atoms with Gasteiger partial charge in [0.15, 0.2) is 6.10 Å². The van der Waals surface area contributed by atoms with Crippen LogP contribution in [0.2, 0.25) is 0 Å². The van der Waals surface area contributed by atoms with Crippen molar-refractivity contribution in [3.8, 4) is 0 Å². The fraction of sp³-hybridized carbons (Fsp3) is 0.596. The van der Waals surface area contributed by atoms with Crippen LogP contribution in [0.15, 0.2) is 122 Å². The number of rotatable bonds is 43. The summed E-state index contributed by atoms with van der Waals surface area (Å²) in [5, 5.41) is 0. The van der Waals surface area contributed by atoms with E-state index < -0.39 is 18.0 Å². The summed E-state index contributed by atoms with van der Waals surface area (Å²) in [6, 6.07) is 0. The number of ether oxygens (including phenoxy) is 3. The van der Waals surface area contributed by atoms with Crippen LogP contribution in [0, 0.1) is 0 Å². The highest BCUT2D eigenvalue weighted by Gasteiger charge is 2.19. The minimum atomic E-state index is -0.873. The molecule has 0 heterocycles. The molecule has 1 atom stereocenters. The maximum atomic E-state index is 12.7. The van der Waals surface area contributed by atoms with Crippen LogP contribution in [0.5, 0.6) is 0 Å². The predicted molar refractivity (Wildman–Crippen MR) is 269 cm³/mol. The van der Waals surface area contributed by atoms with Gasteiger partial charge in [-0.1, -0.05) is 232 Å². The first-order valence-electron chi connectivity index (χ1n) is 25.0. The second-order valence-electron chi connectivity index (χ2n) is 16.0. The van der Waals surface area contributed by atoms with Crippen LogP contribution in [-0.4, -0.2) is 37.2 Å². The van der Waals surface area contributed by atoms with Crippen LogP contribution in [0.4, 0.5) is 0 Å². The lowest BCUT2D eigenvalue weighted by Gasteiger charge is -2.17. The Kier molecular flexibility index (Phi) is 47.1. The van der Waals surface area contributed by atoms with Crippen molar-refractivity contribution in [2.24, 2.45) is 0 Å². The van der Waals surface area contributed by atoms with Gasteiger partial charge in [-0.3, -0.25) is 14.4 Å². The summed E-state index contributed by atoms with van der Waals surface area (Å²) in [6.45, 7) is 6.22. The highest BCUT2D eigenvalue weighted by molar-refractivity contribution is 5.72. The summed E-state index contributed by atoms with van der Waals surface area (Å²) in [5.41, 5.74) is 0. The van der Waals surface area contributed by atoms with E-state index in [-0.39, 0.29) is 32.0 Å². The predicted octanol–water partition coefficient (Wildman–Crippen LogP) is 16.5. The van der Waals surface area contributed by atoms with Gasteiger partial charge in [0.05, 0.1) is 12.8 Å². The third-order valence-corrected chi connectivity index (χ3v) is 10.0. The van der Waals surface area contributed by atoms with E-state index >= 15 is 0 Å². The molecule has 0 saturated heterocycles. The van der Waals surface area contributed by atoms with Crippen molar-refractivity contribution in [2.75, 3.05) is 13.2 Å². The standard InChI is InChI=1S/C57H90O6/c1-4-7-10-13-16-19-22-25-28-31-34-37-40-43-46-49-55(58)61-52-54(63-57(60)51-48-45-42-39-36-33-30-27-24-21-18-15-12-9-6-3)53-62-56(59)50-47-44-41-38-35-32-29-26-23-20-17-14-11-8-5-2/h7,9-10,12,16,18-19,21,25,27-28,30,34,36-37,39,43,45-46,48,54H,4-6,8,11,13-15,17,20,22-24,26,29,31-33,35,38,40-42,44,47,49-53H2,1-3H3/b10-7-,12-9-,19-16-,21-18-,28-25-,30-27-,37-34-,39-36-,46-43-,48-45-. The number of esters is 3. The van der Waals surface area contributed by atoms with E-state index in [1.165, 1.54) is 77.0 Å². The summed E-state index contributed by atoms with van der Waals surface area (Å²) in [5.74, 6) is -1.22. The van der Waals surface area contributed by atoms with E-state index in [2.05, 4.69) is 118 Å². The van der Waals surface area contributed by atoms with E-state index in [9.17, 15) is 14.4 Å². The van der Waals surface area contributed by atoms with Crippen molar-refractivity contribution in [2.45, 2.75) is 207 Å². The Hall–Kier alpha value is -4.19. The molecule has 0 aliphatic rings. The average Bonchev–Trinajstić information content (AvgIpc) is 3.28. The number of hydrogen-bond acceptors (Lipinski definition) is 6. The summed E-state index contributed by atoms with van der Waals surface area (Å²) < 4.78 is 16.6. The highest BCUT2D eigenvalue weighted by atomic mass is 16.6. The lowest BCUT2D eigenvalue weighted by molar-refractivity contribution is -0.166. The number of allylic oxidation sites excluding steroid dienone is 18. The van der Waals surface area contributed by atoms with E-state index in [1.807, 2.05) is 12.2 Å². The third kappa shape index (κ3) is 48.7. The first-order valence-corrected chi connectivity index (χ1v) is 25.0. The van der Waals surface area contributed by atoms with E-state index in [1.54, 1.807) is 12.2 Å². The van der Waals surface area contributed by atoms with Crippen LogP contribution in [0.3, 0.4) is 0 Å². The fourth-order valence-corrected chi connectivity index (χ4v) is 6.35. The molecule has 0 spiro atoms. The van der Waals surface area contributed by atoms with E-state index in [0.29, 0.717) is 12.8 Å². The largest absolute Gasteiger partial charge is 0.462 e. The first kappa shape index (κ1) is 58.8. The van der Waals surface area contributed by atoms with Crippen LogP contribution in [0.25, 0.3) is 0 Å². The van der Waals surface area contributed by atoms with Crippen LogP contribution in [-0.2, 0) is 28.6 Å². The summed E-state index contributed by atoms with van der Waals surface area (Å²) in [6.07, 6.45) is 69.5. The molecule has 0 aromatic heterocycles. The van der Waals surface area contributed by atoms with Crippen molar-refractivity contribution >= 4 is 17.9 Å². The van der Waals surface area contributed by atoms with Gasteiger partial charge in [0.25, 0.3) is 0 Å². The molecule has 0 N–H and O–H groups in total. The summed E-state index contributed by atoms with van der Waals surface area (Å²) >= 11 is 0. The van der Waals surface area contributed by atoms with Gasteiger partial charge in [0, 0.05) is 6.42 Å². The van der Waals surface area contributed by atoms with Gasteiger partial charge in [-0.15, -0.1) is 0 Å². The van der Waals surface area contributed by atoms with Crippen molar-refractivity contribution in [3.05, 3.63) is 122 Å². The second kappa shape index (κ2) is 50.5. The van der Waals surface area contributed by atoms with Crippen molar-refractivity contribution in [3.63, 3.8) is 0 Å². The smallest absolute Gasteiger partial charge is 0.310 e. The minimum absolute atomic E-state index is 0.0745. The Morgan fingerprint density at radius 1 is 0.333 bits per heavy atom. The normalized spacial score (nSPS) is 13.1. The Labute approximate surface area is 386 Å². The fourth-order valence-electron chi connectivity index (χ4n) is 6.35. The summed E-state index contributed by atoms with van der Waals surface area (Å²) in [7, 11) is 0. The first-order chi connectivity index (χ1) is 31.0. The quantitative estimate of drug-likeness (QED) is 0.0263. The number of carbonyl (C=O) groups excluding carboxylic acids is 3. The molecule has 6 nitrogen and oxygen atoms in total. The molecule has 0 aromatic rings. The molecule has 0 aliphatic heterocycles. The Morgan fingerprint density at radius 2 is 0.619 bits per heavy atom. The maximum absolute atomic E-state index is 12.7. The maximum Gasteiger partial charge on any atom is 0.310 e. The number of hydrogen-bond donors (Lipinski definition) is 0. The molecule has 1 unspecified atom stereocenters. The molecule has 0 saturated carbocycles. The van der Waals surface area contributed by atoms with Crippen molar-refractivity contribution in [1.29, 1.82) is 0 Å². The highest BCUT2D eigenvalue weighted by Crippen LogP contribution is 2.14. The molecular weight excluding hydrogens is 781 g/mol. The topological polar surface area (TPSA) is 78.9 Å². The van der Waals surface area contributed by atoms with E-state index in [4.69, 9.17) is 14.2 Å². The lowest BCUT2D eigenvalue weighted by Crippen LogP contribution is -2.30. The van der Waals surface area contributed by atoms with Gasteiger partial charge in [-0.2, -0.15) is 0 Å². The van der Waals surface area contributed by atoms with Crippen molar-refractivity contribution < 1.29 is 28.6 Å². The molecule has 0 bridgehead atoms. The SMILES string of the molecule is CC/C=C\C/C=C\C/C=C\C/C=C\C/C=C\CC(=O)OCC(COC(=O)CCCCCCCCCCCCCCCCC)OC(=O)C/C=C\C/C=C\C/C=C\C/C=C\C/C=C\CC. The van der Waals surface area contributed by atoms with Gasteiger partial charge >= 0.3 is 17.9 Å². The second-order valence-corrected chi connectivity index (χ2v) is 16.0. The third-order valence-electron chi connectivity index (χ3n) is 10.0. The zero-order valence-corrected chi connectivity index (χ0v) is 40.3. The Balaban J connectivity index is 4.64. The average molecular weight is 871 g/mol. The van der Waals surface area contributed by atoms with Gasteiger partial charge < -0.3 is 14.2 Å². The Bertz CT molecular complexity index is 1370. The van der Waals surface area contributed by atoms with E-state index in [0.717, 1.165) is 77.0 Å². The molecule has 0 aliphatic carbocycles. The molecule has 0 rings (SSSR count). The molecular formula is C57H90O6. The van der Waals surface area contributed by atoms with Crippen LogP contribution < -0.4 is 0 Å². The lowest BCUT2D eigenvalue weighted by atomic mass is 10.0. The molecule has 0 radical (unpaired) electrons.